The summed E-state index contributed by atoms with van der Waals surface area (Å²) in [4.78, 5) is 24.7. The number of non-ortho nitro benzene ring substituents is 1. The van der Waals surface area contributed by atoms with E-state index in [0.717, 1.165) is 17.7 Å². The molecule has 0 aliphatic carbocycles. The van der Waals surface area contributed by atoms with Crippen molar-refractivity contribution in [1.82, 2.24) is 0 Å². The molecule has 0 N–H and O–H groups in total. The Labute approximate surface area is 144 Å². The van der Waals surface area contributed by atoms with Crippen LogP contribution in [-0.4, -0.2) is 30.6 Å². The molecular weight excluding hydrogens is 324 g/mol. The summed E-state index contributed by atoms with van der Waals surface area (Å²) >= 11 is 0. The number of nitrogens with zero attached hydrogens (tertiary/aromatic N) is 2. The van der Waals surface area contributed by atoms with Crippen molar-refractivity contribution in [3.63, 3.8) is 0 Å². The van der Waals surface area contributed by atoms with Crippen LogP contribution < -0.4 is 14.4 Å². The van der Waals surface area contributed by atoms with Crippen molar-refractivity contribution < 1.29 is 19.2 Å². The van der Waals surface area contributed by atoms with E-state index in [-0.39, 0.29) is 30.0 Å². The molecular formula is C18H18N2O5. The van der Waals surface area contributed by atoms with Gasteiger partial charge in [-0.2, -0.15) is 0 Å². The number of rotatable bonds is 5. The SMILES string of the molecule is COc1ccc([N+](=O)[O-])cc1OCC(=O)N1c2ccccc2C[C@@H]1C. The number of anilines is 1. The average Bonchev–Trinajstić information content (AvgIpc) is 2.95. The minimum atomic E-state index is -0.521. The summed E-state index contributed by atoms with van der Waals surface area (Å²) in [6, 6.07) is 11.8. The Bertz CT molecular complexity index is 821. The van der Waals surface area contributed by atoms with Gasteiger partial charge in [0.2, 0.25) is 0 Å². The predicted octanol–water partition coefficient (Wildman–Crippen LogP) is 2.96. The smallest absolute Gasteiger partial charge is 0.273 e. The molecule has 25 heavy (non-hydrogen) atoms. The molecule has 0 fully saturated rings. The number of methoxy groups -OCH3 is 1. The van der Waals surface area contributed by atoms with E-state index in [2.05, 4.69) is 0 Å². The van der Waals surface area contributed by atoms with Crippen LogP contribution in [0.4, 0.5) is 11.4 Å². The van der Waals surface area contributed by atoms with Crippen molar-refractivity contribution in [2.24, 2.45) is 0 Å². The molecule has 1 amide bonds. The first-order chi connectivity index (χ1) is 12.0. The van der Waals surface area contributed by atoms with Crippen LogP contribution in [-0.2, 0) is 11.2 Å². The molecule has 2 aromatic carbocycles. The Morgan fingerprint density at radius 1 is 1.28 bits per heavy atom. The summed E-state index contributed by atoms with van der Waals surface area (Å²) in [5, 5.41) is 10.9. The highest BCUT2D eigenvalue weighted by atomic mass is 16.6. The fraction of sp³-hybridized carbons (Fsp3) is 0.278. The number of hydrogen-bond donors (Lipinski definition) is 0. The lowest BCUT2D eigenvalue weighted by atomic mass is 10.1. The first-order valence-electron chi connectivity index (χ1n) is 7.86. The number of amides is 1. The number of nitro groups is 1. The number of carbonyl (C=O) groups excluding carboxylic acids is 1. The largest absolute Gasteiger partial charge is 0.493 e. The van der Waals surface area contributed by atoms with Crippen LogP contribution in [0.25, 0.3) is 0 Å². The maximum Gasteiger partial charge on any atom is 0.273 e. The van der Waals surface area contributed by atoms with Gasteiger partial charge in [0.1, 0.15) is 0 Å². The number of para-hydroxylation sites is 1. The second-order valence-corrected chi connectivity index (χ2v) is 5.83. The van der Waals surface area contributed by atoms with E-state index in [1.807, 2.05) is 31.2 Å². The minimum absolute atomic E-state index is 0.0421. The monoisotopic (exact) mass is 342 g/mol. The molecule has 1 atom stereocenters. The standard InChI is InChI=1S/C18H18N2O5/c1-12-9-13-5-3-4-6-15(13)19(12)18(21)11-25-17-10-14(20(22)23)7-8-16(17)24-2/h3-8,10,12H,9,11H2,1-2H3/t12-/m0/s1. The lowest BCUT2D eigenvalue weighted by molar-refractivity contribution is -0.385. The van der Waals surface area contributed by atoms with Crippen molar-refractivity contribution in [2.45, 2.75) is 19.4 Å². The fourth-order valence-corrected chi connectivity index (χ4v) is 3.05. The summed E-state index contributed by atoms with van der Waals surface area (Å²) in [6.07, 6.45) is 0.794. The molecule has 7 heteroatoms. The van der Waals surface area contributed by atoms with Crippen molar-refractivity contribution in [3.05, 3.63) is 58.1 Å². The van der Waals surface area contributed by atoms with Crippen molar-refractivity contribution >= 4 is 17.3 Å². The normalized spacial score (nSPS) is 15.6. The predicted molar refractivity (Wildman–Crippen MR) is 92.2 cm³/mol. The van der Waals surface area contributed by atoms with Crippen LogP contribution >= 0.6 is 0 Å². The lowest BCUT2D eigenvalue weighted by Gasteiger charge is -2.23. The number of ether oxygens (including phenoxy) is 2. The zero-order chi connectivity index (χ0) is 18.0. The van der Waals surface area contributed by atoms with E-state index < -0.39 is 4.92 Å². The molecule has 2 aromatic rings. The molecule has 0 aromatic heterocycles. The van der Waals surface area contributed by atoms with Gasteiger partial charge in [-0.05, 0) is 31.0 Å². The molecule has 7 nitrogen and oxygen atoms in total. The third-order valence-electron chi connectivity index (χ3n) is 4.19. The first kappa shape index (κ1) is 16.8. The highest BCUT2D eigenvalue weighted by Crippen LogP contribution is 2.33. The van der Waals surface area contributed by atoms with Crippen LogP contribution in [0.1, 0.15) is 12.5 Å². The van der Waals surface area contributed by atoms with E-state index >= 15 is 0 Å². The van der Waals surface area contributed by atoms with E-state index in [0.29, 0.717) is 5.75 Å². The van der Waals surface area contributed by atoms with Crippen molar-refractivity contribution in [1.29, 1.82) is 0 Å². The van der Waals surface area contributed by atoms with Crippen LogP contribution in [0.5, 0.6) is 11.5 Å². The Balaban J connectivity index is 1.77. The Morgan fingerprint density at radius 3 is 2.76 bits per heavy atom. The molecule has 0 saturated heterocycles. The average molecular weight is 342 g/mol. The van der Waals surface area contributed by atoms with Crippen LogP contribution in [0.15, 0.2) is 42.5 Å². The highest BCUT2D eigenvalue weighted by Gasteiger charge is 2.30. The van der Waals surface area contributed by atoms with Crippen LogP contribution in [0, 0.1) is 10.1 Å². The molecule has 3 rings (SSSR count). The van der Waals surface area contributed by atoms with E-state index in [1.165, 1.54) is 25.3 Å². The summed E-state index contributed by atoms with van der Waals surface area (Å²) in [6.45, 7) is 1.75. The molecule has 1 aliphatic rings. The van der Waals surface area contributed by atoms with Gasteiger partial charge >= 0.3 is 0 Å². The first-order valence-corrected chi connectivity index (χ1v) is 7.86. The van der Waals surface area contributed by atoms with Crippen LogP contribution in [0.3, 0.4) is 0 Å². The van der Waals surface area contributed by atoms with Gasteiger partial charge in [-0.15, -0.1) is 0 Å². The minimum Gasteiger partial charge on any atom is -0.493 e. The van der Waals surface area contributed by atoms with Gasteiger partial charge in [-0.3, -0.25) is 14.9 Å². The quantitative estimate of drug-likeness (QED) is 0.616. The van der Waals surface area contributed by atoms with Gasteiger partial charge in [-0.25, -0.2) is 0 Å². The van der Waals surface area contributed by atoms with Gasteiger partial charge in [0.15, 0.2) is 18.1 Å². The van der Waals surface area contributed by atoms with Gasteiger partial charge in [-0.1, -0.05) is 18.2 Å². The van der Waals surface area contributed by atoms with E-state index in [4.69, 9.17) is 9.47 Å². The van der Waals surface area contributed by atoms with Gasteiger partial charge in [0.25, 0.3) is 11.6 Å². The number of benzene rings is 2. The molecule has 0 bridgehead atoms. The number of nitro benzene ring substituents is 1. The van der Waals surface area contributed by atoms with E-state index in [9.17, 15) is 14.9 Å². The van der Waals surface area contributed by atoms with Crippen molar-refractivity contribution in [2.75, 3.05) is 18.6 Å². The number of carbonyl (C=O) groups is 1. The fourth-order valence-electron chi connectivity index (χ4n) is 3.05. The van der Waals surface area contributed by atoms with E-state index in [1.54, 1.807) is 4.90 Å². The molecule has 130 valence electrons. The maximum atomic E-state index is 12.6. The number of hydrogen-bond acceptors (Lipinski definition) is 5. The third-order valence-corrected chi connectivity index (χ3v) is 4.19. The Hall–Kier alpha value is -3.09. The molecule has 0 saturated carbocycles. The third kappa shape index (κ3) is 3.26. The molecule has 0 spiro atoms. The highest BCUT2D eigenvalue weighted by molar-refractivity contribution is 5.97. The van der Waals surface area contributed by atoms with Gasteiger partial charge in [0, 0.05) is 17.8 Å². The Kier molecular flexibility index (Phi) is 4.56. The summed E-state index contributed by atoms with van der Waals surface area (Å²) in [5.41, 5.74) is 1.88. The second-order valence-electron chi connectivity index (χ2n) is 5.83. The molecule has 1 heterocycles. The summed E-state index contributed by atoms with van der Waals surface area (Å²) in [7, 11) is 1.44. The van der Waals surface area contributed by atoms with Crippen molar-refractivity contribution in [3.8, 4) is 11.5 Å². The topological polar surface area (TPSA) is 81.9 Å². The molecule has 1 aliphatic heterocycles. The lowest BCUT2D eigenvalue weighted by Crippen LogP contribution is -2.39. The van der Waals surface area contributed by atoms with Gasteiger partial charge < -0.3 is 14.4 Å². The zero-order valence-electron chi connectivity index (χ0n) is 14.0. The maximum absolute atomic E-state index is 12.6. The zero-order valence-corrected chi connectivity index (χ0v) is 14.0. The molecule has 0 unspecified atom stereocenters. The molecule has 0 radical (unpaired) electrons. The second kappa shape index (κ2) is 6.80. The summed E-state index contributed by atoms with van der Waals surface area (Å²) < 4.78 is 10.7. The summed E-state index contributed by atoms with van der Waals surface area (Å²) in [5.74, 6) is 0.310. The Morgan fingerprint density at radius 2 is 2.04 bits per heavy atom. The number of fused-ring (bicyclic) bond motifs is 1. The van der Waals surface area contributed by atoms with Crippen LogP contribution in [0.2, 0.25) is 0 Å². The van der Waals surface area contributed by atoms with Gasteiger partial charge in [0.05, 0.1) is 18.1 Å².